The van der Waals surface area contributed by atoms with Crippen molar-refractivity contribution in [3.05, 3.63) is 30.5 Å². The van der Waals surface area contributed by atoms with Gasteiger partial charge in [-0.2, -0.15) is 5.10 Å². The number of hydrogen-bond donors (Lipinski definition) is 1. The van der Waals surface area contributed by atoms with Crippen LogP contribution in [0.25, 0.3) is 10.9 Å². The molecule has 0 aliphatic rings. The highest BCUT2D eigenvalue weighted by molar-refractivity contribution is 5.92. The van der Waals surface area contributed by atoms with E-state index >= 15 is 0 Å². The molecular formula is C16H21N3O3. The predicted molar refractivity (Wildman–Crippen MR) is 83.7 cm³/mol. The second kappa shape index (κ2) is 8.29. The first kappa shape index (κ1) is 16.2. The Morgan fingerprint density at radius 1 is 1.27 bits per heavy atom. The molecule has 0 atom stereocenters. The zero-order chi connectivity index (χ0) is 15.8. The third-order valence-corrected chi connectivity index (χ3v) is 3.27. The number of carbonyl (C=O) groups excluding carboxylic acids is 2. The Morgan fingerprint density at radius 3 is 2.91 bits per heavy atom. The van der Waals surface area contributed by atoms with Gasteiger partial charge in [0, 0.05) is 38.0 Å². The molecule has 1 aromatic carbocycles. The van der Waals surface area contributed by atoms with E-state index in [4.69, 9.17) is 4.74 Å². The van der Waals surface area contributed by atoms with Gasteiger partial charge >= 0.3 is 0 Å². The van der Waals surface area contributed by atoms with Crippen LogP contribution in [0.1, 0.15) is 31.0 Å². The third kappa shape index (κ3) is 4.39. The minimum Gasteiger partial charge on any atom is -0.382 e. The van der Waals surface area contributed by atoms with E-state index in [0.29, 0.717) is 19.8 Å². The largest absolute Gasteiger partial charge is 0.382 e. The average molecular weight is 303 g/mol. The molecule has 0 unspecified atom stereocenters. The highest BCUT2D eigenvalue weighted by atomic mass is 16.5. The van der Waals surface area contributed by atoms with E-state index in [2.05, 4.69) is 10.4 Å². The number of carbonyl (C=O) groups is 2. The monoisotopic (exact) mass is 303 g/mol. The number of hydrogen-bond acceptors (Lipinski definition) is 4. The summed E-state index contributed by atoms with van der Waals surface area (Å²) in [5.41, 5.74) is 0.768. The summed E-state index contributed by atoms with van der Waals surface area (Å²) < 4.78 is 6.55. The number of benzene rings is 1. The summed E-state index contributed by atoms with van der Waals surface area (Å²) in [6.07, 6.45) is 2.74. The Bertz CT molecular complexity index is 636. The lowest BCUT2D eigenvalue weighted by molar-refractivity contribution is -0.121. The maximum absolute atomic E-state index is 12.1. The molecule has 22 heavy (non-hydrogen) atoms. The van der Waals surface area contributed by atoms with Crippen LogP contribution in [-0.2, 0) is 9.53 Å². The molecule has 6 nitrogen and oxygen atoms in total. The topological polar surface area (TPSA) is 73.2 Å². The normalized spacial score (nSPS) is 10.8. The van der Waals surface area contributed by atoms with Crippen molar-refractivity contribution < 1.29 is 14.3 Å². The lowest BCUT2D eigenvalue weighted by atomic mass is 10.2. The first-order valence-electron chi connectivity index (χ1n) is 7.52. The molecule has 0 fully saturated rings. The maximum Gasteiger partial charge on any atom is 0.247 e. The smallest absolute Gasteiger partial charge is 0.247 e. The maximum atomic E-state index is 12.1. The van der Waals surface area contributed by atoms with Crippen LogP contribution in [0.3, 0.4) is 0 Å². The van der Waals surface area contributed by atoms with Gasteiger partial charge < -0.3 is 10.1 Å². The number of aromatic nitrogens is 2. The van der Waals surface area contributed by atoms with Crippen LogP contribution in [-0.4, -0.2) is 41.4 Å². The van der Waals surface area contributed by atoms with E-state index < -0.39 is 0 Å². The molecule has 0 spiro atoms. The van der Waals surface area contributed by atoms with Gasteiger partial charge in [0.1, 0.15) is 0 Å². The fourth-order valence-electron chi connectivity index (χ4n) is 2.13. The Hall–Kier alpha value is -2.21. The second-order valence-corrected chi connectivity index (χ2v) is 4.91. The number of fused-ring (bicyclic) bond motifs is 1. The number of rotatable bonds is 8. The van der Waals surface area contributed by atoms with Gasteiger partial charge in [0.15, 0.2) is 0 Å². The molecule has 0 aliphatic heterocycles. The Labute approximate surface area is 129 Å². The van der Waals surface area contributed by atoms with Crippen LogP contribution in [0.4, 0.5) is 0 Å². The molecule has 2 rings (SSSR count). The molecule has 1 aromatic heterocycles. The molecule has 118 valence electrons. The van der Waals surface area contributed by atoms with Crippen LogP contribution in [0.15, 0.2) is 30.5 Å². The van der Waals surface area contributed by atoms with Gasteiger partial charge in [0.25, 0.3) is 0 Å². The Balaban J connectivity index is 1.77. The van der Waals surface area contributed by atoms with Crippen LogP contribution >= 0.6 is 0 Å². The number of amides is 1. The highest BCUT2D eigenvalue weighted by Gasteiger charge is 2.12. The van der Waals surface area contributed by atoms with Gasteiger partial charge in [0.2, 0.25) is 11.8 Å². The van der Waals surface area contributed by atoms with Crippen molar-refractivity contribution in [3.63, 3.8) is 0 Å². The van der Waals surface area contributed by atoms with Gasteiger partial charge in [-0.05, 0) is 19.4 Å². The molecular weight excluding hydrogens is 282 g/mol. The molecule has 2 aromatic rings. The van der Waals surface area contributed by atoms with E-state index in [1.807, 2.05) is 31.2 Å². The minimum absolute atomic E-state index is 0.124. The summed E-state index contributed by atoms with van der Waals surface area (Å²) in [7, 11) is 0. The first-order chi connectivity index (χ1) is 10.7. The zero-order valence-electron chi connectivity index (χ0n) is 12.7. The van der Waals surface area contributed by atoms with E-state index in [-0.39, 0.29) is 24.7 Å². The SMILES string of the molecule is CCOCCCNC(=O)CCC(=O)n1ncc2ccccc21. The Morgan fingerprint density at radius 2 is 2.09 bits per heavy atom. The fourth-order valence-corrected chi connectivity index (χ4v) is 2.13. The zero-order valence-corrected chi connectivity index (χ0v) is 12.7. The number of nitrogens with zero attached hydrogens (tertiary/aromatic N) is 2. The van der Waals surface area contributed by atoms with Gasteiger partial charge in [-0.1, -0.05) is 18.2 Å². The second-order valence-electron chi connectivity index (χ2n) is 4.91. The van der Waals surface area contributed by atoms with Crippen LogP contribution in [0, 0.1) is 0 Å². The van der Waals surface area contributed by atoms with E-state index in [1.165, 1.54) is 4.68 Å². The van der Waals surface area contributed by atoms with E-state index in [0.717, 1.165) is 17.3 Å². The van der Waals surface area contributed by atoms with Gasteiger partial charge in [-0.3, -0.25) is 9.59 Å². The number of para-hydroxylation sites is 1. The summed E-state index contributed by atoms with van der Waals surface area (Å²) in [4.78, 5) is 23.8. The van der Waals surface area contributed by atoms with Crippen molar-refractivity contribution in [3.8, 4) is 0 Å². The highest BCUT2D eigenvalue weighted by Crippen LogP contribution is 2.13. The fraction of sp³-hybridized carbons (Fsp3) is 0.438. The predicted octanol–water partition coefficient (Wildman–Crippen LogP) is 2.00. The number of ether oxygens (including phenoxy) is 1. The molecule has 6 heteroatoms. The molecule has 0 bridgehead atoms. The molecule has 1 N–H and O–H groups in total. The van der Waals surface area contributed by atoms with Crippen molar-refractivity contribution in [2.24, 2.45) is 0 Å². The van der Waals surface area contributed by atoms with E-state index in [9.17, 15) is 9.59 Å². The first-order valence-corrected chi connectivity index (χ1v) is 7.52. The molecule has 0 saturated carbocycles. The third-order valence-electron chi connectivity index (χ3n) is 3.27. The van der Waals surface area contributed by atoms with Gasteiger partial charge in [0.05, 0.1) is 11.7 Å². The van der Waals surface area contributed by atoms with Gasteiger partial charge in [-0.15, -0.1) is 0 Å². The van der Waals surface area contributed by atoms with Gasteiger partial charge in [-0.25, -0.2) is 4.68 Å². The minimum atomic E-state index is -0.175. The number of nitrogens with one attached hydrogen (secondary N) is 1. The summed E-state index contributed by atoms with van der Waals surface area (Å²) in [5.74, 6) is -0.299. The summed E-state index contributed by atoms with van der Waals surface area (Å²) in [6, 6.07) is 7.50. The quantitative estimate of drug-likeness (QED) is 0.757. The van der Waals surface area contributed by atoms with Crippen LogP contribution in [0.5, 0.6) is 0 Å². The summed E-state index contributed by atoms with van der Waals surface area (Å²) in [6.45, 7) is 3.82. The van der Waals surface area contributed by atoms with E-state index in [1.54, 1.807) is 6.20 Å². The lowest BCUT2D eigenvalue weighted by Gasteiger charge is -2.05. The van der Waals surface area contributed by atoms with Crippen molar-refractivity contribution in [1.29, 1.82) is 0 Å². The summed E-state index contributed by atoms with van der Waals surface area (Å²) >= 11 is 0. The average Bonchev–Trinajstić information content (AvgIpc) is 2.96. The molecule has 0 radical (unpaired) electrons. The van der Waals surface area contributed by atoms with Crippen molar-refractivity contribution >= 4 is 22.7 Å². The molecule has 0 aliphatic carbocycles. The standard InChI is InChI=1S/C16H21N3O3/c1-2-22-11-5-10-17-15(20)8-9-16(21)19-14-7-4-3-6-13(14)12-18-19/h3-4,6-7,12H,2,5,8-11H2,1H3,(H,17,20). The van der Waals surface area contributed by atoms with Crippen molar-refractivity contribution in [1.82, 2.24) is 15.1 Å². The summed E-state index contributed by atoms with van der Waals surface area (Å²) in [5, 5.41) is 7.78. The molecule has 1 heterocycles. The van der Waals surface area contributed by atoms with Crippen molar-refractivity contribution in [2.45, 2.75) is 26.2 Å². The van der Waals surface area contributed by atoms with Crippen molar-refractivity contribution in [2.75, 3.05) is 19.8 Å². The van der Waals surface area contributed by atoms with Crippen LogP contribution < -0.4 is 5.32 Å². The Kier molecular flexibility index (Phi) is 6.09. The lowest BCUT2D eigenvalue weighted by Crippen LogP contribution is -2.26. The van der Waals surface area contributed by atoms with Crippen LogP contribution in [0.2, 0.25) is 0 Å². The molecule has 1 amide bonds. The molecule has 0 saturated heterocycles.